The topological polar surface area (TPSA) is 78.5 Å². The summed E-state index contributed by atoms with van der Waals surface area (Å²) in [7, 11) is 1.55. The highest BCUT2D eigenvalue weighted by Gasteiger charge is 2.18. The summed E-state index contributed by atoms with van der Waals surface area (Å²) in [5.41, 5.74) is 1.19. The van der Waals surface area contributed by atoms with Crippen molar-refractivity contribution in [3.63, 3.8) is 0 Å². The van der Waals surface area contributed by atoms with E-state index in [1.165, 1.54) is 11.8 Å². The number of aromatic nitrogens is 4. The minimum absolute atomic E-state index is 0.0598. The van der Waals surface area contributed by atoms with Gasteiger partial charge >= 0.3 is 0 Å². The standard InChI is InChI=1S/C21H20N4O3S/c1-3-12-24-19(27)14-8-4-6-10-16(14)25-20(24)22-23-21(25)29-13-17(26)15-9-5-7-11-18(15)28-2/h4-11H,3,12-13H2,1-2H3. The van der Waals surface area contributed by atoms with Crippen molar-refractivity contribution in [1.82, 2.24) is 19.2 Å². The third-order valence-electron chi connectivity index (χ3n) is 4.67. The van der Waals surface area contributed by atoms with Crippen molar-refractivity contribution in [3.8, 4) is 5.75 Å². The normalized spacial score (nSPS) is 11.2. The molecule has 2 aromatic carbocycles. The lowest BCUT2D eigenvalue weighted by Crippen LogP contribution is -2.23. The van der Waals surface area contributed by atoms with Crippen molar-refractivity contribution in [1.29, 1.82) is 0 Å². The molecular weight excluding hydrogens is 388 g/mol. The van der Waals surface area contributed by atoms with Gasteiger partial charge < -0.3 is 4.74 Å². The van der Waals surface area contributed by atoms with Crippen LogP contribution in [0.3, 0.4) is 0 Å². The zero-order chi connectivity index (χ0) is 20.4. The summed E-state index contributed by atoms with van der Waals surface area (Å²) in [6, 6.07) is 14.5. The van der Waals surface area contributed by atoms with Gasteiger partial charge in [-0.3, -0.25) is 18.6 Å². The van der Waals surface area contributed by atoms with Crippen LogP contribution in [0.25, 0.3) is 16.7 Å². The minimum atomic E-state index is -0.0796. The Balaban J connectivity index is 1.75. The SMILES string of the molecule is CCCn1c(=O)c2ccccc2n2c(SCC(=O)c3ccccc3OC)nnc12. The average molecular weight is 408 g/mol. The van der Waals surface area contributed by atoms with Crippen LogP contribution in [0.2, 0.25) is 0 Å². The highest BCUT2D eigenvalue weighted by atomic mass is 32.2. The number of carbonyl (C=O) groups excluding carboxylic acids is 1. The van der Waals surface area contributed by atoms with Gasteiger partial charge in [-0.2, -0.15) is 0 Å². The van der Waals surface area contributed by atoms with Crippen LogP contribution in [0.15, 0.2) is 58.5 Å². The third kappa shape index (κ3) is 3.40. The lowest BCUT2D eigenvalue weighted by atomic mass is 10.1. The summed E-state index contributed by atoms with van der Waals surface area (Å²) in [4.78, 5) is 25.6. The highest BCUT2D eigenvalue weighted by Crippen LogP contribution is 2.25. The molecule has 0 bridgehead atoms. The number of benzene rings is 2. The molecule has 2 heterocycles. The van der Waals surface area contributed by atoms with E-state index in [9.17, 15) is 9.59 Å². The van der Waals surface area contributed by atoms with Crippen molar-refractivity contribution in [2.45, 2.75) is 25.0 Å². The average Bonchev–Trinajstić information content (AvgIpc) is 3.19. The second-order valence-corrected chi connectivity index (χ2v) is 7.45. The maximum absolute atomic E-state index is 12.9. The summed E-state index contributed by atoms with van der Waals surface area (Å²) < 4.78 is 8.78. The lowest BCUT2D eigenvalue weighted by Gasteiger charge is -2.10. The fourth-order valence-electron chi connectivity index (χ4n) is 3.34. The second-order valence-electron chi connectivity index (χ2n) is 6.50. The van der Waals surface area contributed by atoms with Gasteiger partial charge in [-0.15, -0.1) is 10.2 Å². The van der Waals surface area contributed by atoms with Crippen LogP contribution in [-0.2, 0) is 6.54 Å². The number of ketones is 1. The fourth-order valence-corrected chi connectivity index (χ4v) is 4.16. The molecule has 8 heteroatoms. The number of Topliss-reactive ketones (excluding diaryl/α,β-unsaturated/α-hetero) is 1. The smallest absolute Gasteiger partial charge is 0.262 e. The molecule has 0 aliphatic carbocycles. The molecule has 0 radical (unpaired) electrons. The van der Waals surface area contributed by atoms with Gasteiger partial charge in [0.15, 0.2) is 10.9 Å². The Kier molecular flexibility index (Phi) is 5.35. The number of ether oxygens (including phenoxy) is 1. The summed E-state index contributed by atoms with van der Waals surface area (Å²) >= 11 is 1.30. The molecule has 0 fully saturated rings. The van der Waals surface area contributed by atoms with Crippen LogP contribution in [0.1, 0.15) is 23.7 Å². The maximum atomic E-state index is 12.9. The number of methoxy groups -OCH3 is 1. The lowest BCUT2D eigenvalue weighted by molar-refractivity contribution is 0.101. The third-order valence-corrected chi connectivity index (χ3v) is 5.59. The van der Waals surface area contributed by atoms with Gasteiger partial charge in [-0.05, 0) is 30.7 Å². The molecule has 29 heavy (non-hydrogen) atoms. The predicted octanol–water partition coefficient (Wildman–Crippen LogP) is 3.44. The van der Waals surface area contributed by atoms with Gasteiger partial charge in [-0.25, -0.2) is 0 Å². The number of thioether (sulfide) groups is 1. The number of rotatable bonds is 7. The Morgan fingerprint density at radius 1 is 1.10 bits per heavy atom. The molecule has 0 saturated heterocycles. The molecule has 0 N–H and O–H groups in total. The van der Waals surface area contributed by atoms with E-state index >= 15 is 0 Å². The monoisotopic (exact) mass is 408 g/mol. The molecule has 148 valence electrons. The van der Waals surface area contributed by atoms with E-state index in [1.54, 1.807) is 29.9 Å². The highest BCUT2D eigenvalue weighted by molar-refractivity contribution is 7.99. The second kappa shape index (κ2) is 8.08. The van der Waals surface area contributed by atoms with Gasteiger partial charge in [0.25, 0.3) is 5.56 Å². The number of hydrogen-bond acceptors (Lipinski definition) is 6. The van der Waals surface area contributed by atoms with E-state index < -0.39 is 0 Å². The summed E-state index contributed by atoms with van der Waals surface area (Å²) in [5.74, 6) is 1.16. The molecular formula is C21H20N4O3S. The molecule has 0 amide bonds. The first kappa shape index (κ1) is 19.2. The molecule has 0 aliphatic heterocycles. The summed E-state index contributed by atoms with van der Waals surface area (Å²) in [5, 5.41) is 9.70. The van der Waals surface area contributed by atoms with Gasteiger partial charge in [-0.1, -0.05) is 43.0 Å². The minimum Gasteiger partial charge on any atom is -0.496 e. The first-order chi connectivity index (χ1) is 14.2. The first-order valence-electron chi connectivity index (χ1n) is 9.31. The number of para-hydroxylation sites is 2. The molecule has 4 rings (SSSR count). The Morgan fingerprint density at radius 2 is 1.86 bits per heavy atom. The van der Waals surface area contributed by atoms with Gasteiger partial charge in [0.1, 0.15) is 5.75 Å². The zero-order valence-electron chi connectivity index (χ0n) is 16.2. The number of hydrogen-bond donors (Lipinski definition) is 0. The van der Waals surface area contributed by atoms with Crippen molar-refractivity contribution in [2.24, 2.45) is 0 Å². The summed E-state index contributed by atoms with van der Waals surface area (Å²) in [6.45, 7) is 2.56. The Hall–Kier alpha value is -3.13. The van der Waals surface area contributed by atoms with Crippen LogP contribution < -0.4 is 10.3 Å². The first-order valence-corrected chi connectivity index (χ1v) is 10.3. The van der Waals surface area contributed by atoms with Gasteiger partial charge in [0.05, 0.1) is 29.3 Å². The summed E-state index contributed by atoms with van der Waals surface area (Å²) in [6.07, 6.45) is 0.801. The van der Waals surface area contributed by atoms with Crippen molar-refractivity contribution < 1.29 is 9.53 Å². The molecule has 0 saturated carbocycles. The van der Waals surface area contributed by atoms with E-state index in [0.29, 0.717) is 34.2 Å². The van der Waals surface area contributed by atoms with E-state index in [-0.39, 0.29) is 17.1 Å². The molecule has 7 nitrogen and oxygen atoms in total. The largest absolute Gasteiger partial charge is 0.496 e. The Labute approximate surface area is 171 Å². The Morgan fingerprint density at radius 3 is 2.66 bits per heavy atom. The molecule has 2 aromatic heterocycles. The van der Waals surface area contributed by atoms with Crippen LogP contribution in [0, 0.1) is 0 Å². The number of aryl methyl sites for hydroxylation is 1. The van der Waals surface area contributed by atoms with E-state index in [4.69, 9.17) is 4.74 Å². The molecule has 0 atom stereocenters. The molecule has 4 aromatic rings. The zero-order valence-corrected chi connectivity index (χ0v) is 17.0. The molecule has 0 spiro atoms. The number of nitrogens with zero attached hydrogens (tertiary/aromatic N) is 4. The van der Waals surface area contributed by atoms with Crippen molar-refractivity contribution in [3.05, 3.63) is 64.4 Å². The Bertz CT molecular complexity index is 1260. The van der Waals surface area contributed by atoms with Crippen molar-refractivity contribution in [2.75, 3.05) is 12.9 Å². The van der Waals surface area contributed by atoms with Crippen LogP contribution in [0.5, 0.6) is 5.75 Å². The predicted molar refractivity (Wildman–Crippen MR) is 113 cm³/mol. The van der Waals surface area contributed by atoms with Crippen LogP contribution >= 0.6 is 11.8 Å². The van der Waals surface area contributed by atoms with E-state index in [2.05, 4.69) is 10.2 Å². The van der Waals surface area contributed by atoms with Gasteiger partial charge in [0, 0.05) is 6.54 Å². The quantitative estimate of drug-likeness (QED) is 0.344. The number of fused-ring (bicyclic) bond motifs is 3. The van der Waals surface area contributed by atoms with Gasteiger partial charge in [0.2, 0.25) is 5.78 Å². The van der Waals surface area contributed by atoms with Crippen LogP contribution in [0.4, 0.5) is 0 Å². The number of carbonyl (C=O) groups is 1. The maximum Gasteiger partial charge on any atom is 0.262 e. The van der Waals surface area contributed by atoms with E-state index in [1.807, 2.05) is 41.7 Å². The van der Waals surface area contributed by atoms with Crippen LogP contribution in [-0.4, -0.2) is 37.8 Å². The van der Waals surface area contributed by atoms with Crippen molar-refractivity contribution >= 4 is 34.2 Å². The molecule has 0 aliphatic rings. The van der Waals surface area contributed by atoms with E-state index in [0.717, 1.165) is 11.9 Å². The molecule has 0 unspecified atom stereocenters. The fraction of sp³-hybridized carbons (Fsp3) is 0.238.